The predicted octanol–water partition coefficient (Wildman–Crippen LogP) is 21.8. The van der Waals surface area contributed by atoms with Gasteiger partial charge >= 0.3 is 0 Å². The Balaban J connectivity index is 0.000000862. The van der Waals surface area contributed by atoms with Crippen LogP contribution in [0.4, 0.5) is 34.5 Å². The quantitative estimate of drug-likeness (QED) is 0.0342. The summed E-state index contributed by atoms with van der Waals surface area (Å²) in [4.78, 5) is 102. The second-order valence-corrected chi connectivity index (χ2v) is 28.0. The van der Waals surface area contributed by atoms with E-state index in [1.54, 1.807) is 113 Å². The number of fused-ring (bicyclic) bond motifs is 3. The molecule has 0 saturated carbocycles. The SMILES string of the molecule is CC(=O)Nc1ccc(Oc2cnc(N)c(-c3nc4ccc(C)cc4[nH]3)n2)cc1.COc1ccc(Oc2cnc(N)c(-c3nc4ccc(C)cc4[nH]3)n2)cc1.COc1ccccc1NC(=O)c1nc(Oc2ccccc2)cnc1C.Cc1ccc2nc(-c3nc(Oc4ccccc4C#N)cnc3N)[nH]c2c1.Cc1ncc(Oc2ccccc2)nc1C(=O)Nc1ccccc1.[HH].[HH].[HH].[HH].[HH].[HH].[HH].[HH].[HH].[HH].[HH].[HH].[HH]. The molecule has 0 saturated heterocycles. The summed E-state index contributed by atoms with van der Waals surface area (Å²) in [5.41, 5.74) is 31.7. The van der Waals surface area contributed by atoms with Gasteiger partial charge in [0.1, 0.15) is 46.3 Å². The number of nitriles is 1. The number of amides is 3. The third-order valence-electron chi connectivity index (χ3n) is 18.4. The lowest BCUT2D eigenvalue weighted by Crippen LogP contribution is -2.17. The van der Waals surface area contributed by atoms with Crippen molar-refractivity contribution in [2.75, 3.05) is 47.4 Å². The molecule has 33 nitrogen and oxygen atoms in total. The Morgan fingerprint density at radius 2 is 0.711 bits per heavy atom. The predicted molar refractivity (Wildman–Crippen MR) is 513 cm³/mol. The molecular weight excluding hydrogens is 1620 g/mol. The van der Waals surface area contributed by atoms with Crippen molar-refractivity contribution < 1.29 is 66.1 Å². The number of benzene rings is 10. The van der Waals surface area contributed by atoms with E-state index in [1.165, 1.54) is 37.9 Å². The fourth-order valence-electron chi connectivity index (χ4n) is 12.2. The highest BCUT2D eigenvalue weighted by atomic mass is 16.5. The monoisotopic (exact) mass is 1730 g/mol. The maximum absolute atomic E-state index is 12.6. The highest BCUT2D eigenvalue weighted by molar-refractivity contribution is 6.05. The minimum absolute atomic E-state index is 0. The Morgan fingerprint density at radius 1 is 0.359 bits per heavy atom. The molecule has 3 amide bonds. The summed E-state index contributed by atoms with van der Waals surface area (Å²) in [6.45, 7) is 11.0. The number of aryl methyl sites for hydroxylation is 5. The molecular formula is C95H107N23O10. The molecule has 10 aromatic carbocycles. The molecule has 8 heterocycles. The van der Waals surface area contributed by atoms with E-state index in [4.69, 9.17) is 50.4 Å². The fraction of sp³-hybridized carbons (Fsp3) is 0.0842. The van der Waals surface area contributed by atoms with Crippen LogP contribution in [0.5, 0.6) is 69.6 Å². The number of carbonyl (C=O) groups is 3. The van der Waals surface area contributed by atoms with E-state index in [1.807, 2.05) is 178 Å². The van der Waals surface area contributed by atoms with E-state index in [0.29, 0.717) is 109 Å². The van der Waals surface area contributed by atoms with Gasteiger partial charge in [-0.3, -0.25) is 24.4 Å². The van der Waals surface area contributed by atoms with Crippen LogP contribution in [0, 0.1) is 45.9 Å². The van der Waals surface area contributed by atoms with Crippen LogP contribution in [0.3, 0.4) is 0 Å². The molecule has 18 aromatic rings. The molecule has 0 radical (unpaired) electrons. The average Bonchev–Trinajstić information content (AvgIpc) is 1.67. The van der Waals surface area contributed by atoms with E-state index >= 15 is 0 Å². The fourth-order valence-corrected chi connectivity index (χ4v) is 12.2. The van der Waals surface area contributed by atoms with Crippen LogP contribution in [0.25, 0.3) is 67.7 Å². The van der Waals surface area contributed by atoms with Gasteiger partial charge in [0.05, 0.1) is 101 Å². The number of carbonyl (C=O) groups excluding carboxylic acids is 3. The number of ether oxygens (including phenoxy) is 7. The van der Waals surface area contributed by atoms with Gasteiger partial charge in [-0.15, -0.1) is 0 Å². The van der Waals surface area contributed by atoms with E-state index in [0.717, 1.165) is 55.5 Å². The third-order valence-corrected chi connectivity index (χ3v) is 18.4. The smallest absolute Gasteiger partial charge is 0.276 e. The Bertz CT molecular complexity index is 7080. The molecule has 33 heteroatoms. The first-order valence-electron chi connectivity index (χ1n) is 39.4. The molecule has 662 valence electrons. The lowest BCUT2D eigenvalue weighted by Gasteiger charge is -2.11. The summed E-state index contributed by atoms with van der Waals surface area (Å²) in [6, 6.07) is 75.8. The minimum atomic E-state index is -0.381. The third kappa shape index (κ3) is 22.5. The van der Waals surface area contributed by atoms with E-state index in [9.17, 15) is 19.6 Å². The minimum Gasteiger partial charge on any atom is -0.497 e. The molecule has 0 aliphatic heterocycles. The van der Waals surface area contributed by atoms with Gasteiger partial charge in [-0.1, -0.05) is 97.1 Å². The maximum atomic E-state index is 12.6. The number of hydrogen-bond donors (Lipinski definition) is 9. The summed E-state index contributed by atoms with van der Waals surface area (Å²) in [5.74, 6) is 7.05. The number of aromatic nitrogens is 16. The Kier molecular flexibility index (Phi) is 27.3. The number of H-pyrrole nitrogens is 3. The van der Waals surface area contributed by atoms with Gasteiger partial charge in [0.15, 0.2) is 63.4 Å². The van der Waals surface area contributed by atoms with Crippen molar-refractivity contribution in [2.45, 2.75) is 41.5 Å². The number of aromatic amines is 3. The summed E-state index contributed by atoms with van der Waals surface area (Å²) >= 11 is 0. The second-order valence-electron chi connectivity index (χ2n) is 28.0. The van der Waals surface area contributed by atoms with Gasteiger partial charge in [0.2, 0.25) is 35.3 Å². The second kappa shape index (κ2) is 40.5. The van der Waals surface area contributed by atoms with E-state index in [2.05, 4.69) is 102 Å². The average molecular weight is 1730 g/mol. The number of methoxy groups -OCH3 is 2. The van der Waals surface area contributed by atoms with E-state index in [-0.39, 0.29) is 88.6 Å². The first kappa shape index (κ1) is 86.3. The molecule has 0 aliphatic carbocycles. The molecule has 0 unspecified atom stereocenters. The number of nitrogens with zero attached hydrogens (tertiary/aromatic N) is 14. The molecule has 0 fully saturated rings. The van der Waals surface area contributed by atoms with Gasteiger partial charge in [-0.2, -0.15) is 5.26 Å². The highest BCUT2D eigenvalue weighted by Gasteiger charge is 2.22. The first-order valence-corrected chi connectivity index (χ1v) is 39.4. The summed E-state index contributed by atoms with van der Waals surface area (Å²) in [5, 5.41) is 17.5. The molecule has 0 atom stereocenters. The van der Waals surface area contributed by atoms with Crippen LogP contribution < -0.4 is 66.3 Å². The largest absolute Gasteiger partial charge is 0.497 e. The lowest BCUT2D eigenvalue weighted by molar-refractivity contribution is -0.114. The Hall–Kier alpha value is -18.1. The molecule has 18 rings (SSSR count). The van der Waals surface area contributed by atoms with Crippen molar-refractivity contribution in [2.24, 2.45) is 0 Å². The van der Waals surface area contributed by atoms with Crippen LogP contribution in [-0.4, -0.2) is 112 Å². The molecule has 128 heavy (non-hydrogen) atoms. The zero-order chi connectivity index (χ0) is 89.6. The van der Waals surface area contributed by atoms with Gasteiger partial charge in [-0.25, -0.2) is 54.8 Å². The summed E-state index contributed by atoms with van der Waals surface area (Å²) in [7, 11) is 3.16. The van der Waals surface area contributed by atoms with Crippen LogP contribution >= 0.6 is 0 Å². The topological polar surface area (TPSA) is 469 Å². The first-order chi connectivity index (χ1) is 62.1. The zero-order valence-electron chi connectivity index (χ0n) is 70.1. The highest BCUT2D eigenvalue weighted by Crippen LogP contribution is 2.34. The summed E-state index contributed by atoms with van der Waals surface area (Å²) < 4.78 is 38.9. The molecule has 0 aliphatic rings. The standard InChI is InChI=1S/C20H18N6O2.C19H14N6O.C19H17N5O2.C19H17N3O3.C18H15N3O2.13H2/c1-11-3-8-15-16(9-11)25-20(24-15)18-19(21)22-10-17(26-18)28-14-6-4-13(5-7-14)23-12(2)27;1-11-6-7-13-14(8-11)24-19(23-13)17-18(21)22-10-16(25-17)26-15-5-3-2-4-12(15)9-20;1-11-3-8-14-15(9-11)23-19(22-14)17-18(20)21-10-16(24-17)26-13-6-4-12(25-2)5-7-13;1-13-18(19(23)21-15-10-6-7-11-16(15)24-2)22-17(12-20-13)25-14-8-4-3-5-9-14;1-13-17(18(22)20-14-8-4-2-5-9-14)21-16(12-19-13)23-15-10-6-3-7-11-15;;;;;;;;;;;;;/h3-10H,1-2H3,(H2,21,22)(H,23,27)(H,24,25);2-8,10H,1H3,(H2,21,22)(H,23,24);3-10H,1-2H3,(H2,20,21)(H,22,23);3-12H,1-2H3,(H,21,23);2-12H,1H3,(H,20,22);13*1H. The number of rotatable bonds is 20. The lowest BCUT2D eigenvalue weighted by atomic mass is 10.2. The number of nitrogens with two attached hydrogens (primary N) is 3. The van der Waals surface area contributed by atoms with Crippen molar-refractivity contribution in [3.05, 3.63) is 319 Å². The maximum Gasteiger partial charge on any atom is 0.276 e. The number of anilines is 6. The number of imidazole rings is 3. The van der Waals surface area contributed by atoms with Gasteiger partial charge in [0.25, 0.3) is 11.8 Å². The summed E-state index contributed by atoms with van der Waals surface area (Å²) in [6.07, 6.45) is 7.34. The molecule has 0 bridgehead atoms. The van der Waals surface area contributed by atoms with Crippen LogP contribution in [-0.2, 0) is 4.79 Å². The number of nitrogen functional groups attached to an aromatic ring is 3. The van der Waals surface area contributed by atoms with Crippen molar-refractivity contribution in [3.63, 3.8) is 0 Å². The van der Waals surface area contributed by atoms with Gasteiger partial charge < -0.3 is 81.3 Å². The van der Waals surface area contributed by atoms with Crippen LogP contribution in [0.1, 0.15) is 80.1 Å². The normalized spacial score (nSPS) is 10.5. The zero-order valence-corrected chi connectivity index (χ0v) is 70.1. The van der Waals surface area contributed by atoms with Gasteiger partial charge in [-0.05, 0) is 197 Å². The van der Waals surface area contributed by atoms with Crippen LogP contribution in [0.2, 0.25) is 0 Å². The van der Waals surface area contributed by atoms with Crippen LogP contribution in [0.15, 0.2) is 274 Å². The van der Waals surface area contributed by atoms with E-state index < -0.39 is 0 Å². The van der Waals surface area contributed by atoms with Crippen molar-refractivity contribution in [3.8, 4) is 110 Å². The van der Waals surface area contributed by atoms with Gasteiger partial charge in [0, 0.05) is 36.8 Å². The van der Waals surface area contributed by atoms with Crippen molar-refractivity contribution >= 4 is 85.3 Å². The number of hydrogen-bond acceptors (Lipinski definition) is 27. The number of para-hydroxylation sites is 6. The van der Waals surface area contributed by atoms with Crippen molar-refractivity contribution in [1.29, 1.82) is 5.26 Å². The molecule has 0 spiro atoms. The Labute approximate surface area is 751 Å². The van der Waals surface area contributed by atoms with Crippen molar-refractivity contribution in [1.82, 2.24) is 79.7 Å². The molecule has 12 N–H and O–H groups in total. The molecule has 8 aromatic heterocycles. The Morgan fingerprint density at radius 3 is 1.13 bits per heavy atom. The number of nitrogens with one attached hydrogen (secondary N) is 6.